The van der Waals surface area contributed by atoms with Crippen molar-refractivity contribution in [2.75, 3.05) is 0 Å². The van der Waals surface area contributed by atoms with E-state index in [1.54, 1.807) is 0 Å². The van der Waals surface area contributed by atoms with E-state index < -0.39 is 0 Å². The van der Waals surface area contributed by atoms with E-state index in [0.717, 1.165) is 0 Å². The highest BCUT2D eigenvalue weighted by Gasteiger charge is 2.26. The van der Waals surface area contributed by atoms with Gasteiger partial charge in [0.25, 0.3) is 0 Å². The van der Waals surface area contributed by atoms with Crippen LogP contribution < -0.4 is 0 Å². The van der Waals surface area contributed by atoms with Crippen LogP contribution in [0.5, 0.6) is 0 Å². The molecule has 0 N–H and O–H groups in total. The van der Waals surface area contributed by atoms with Crippen molar-refractivity contribution in [2.45, 2.75) is 0 Å². The van der Waals surface area contributed by atoms with Crippen molar-refractivity contribution in [3.8, 4) is 111 Å². The van der Waals surface area contributed by atoms with Crippen LogP contribution in [0.25, 0.3) is 144 Å². The van der Waals surface area contributed by atoms with Crippen molar-refractivity contribution in [1.82, 2.24) is 0 Å². The van der Waals surface area contributed by atoms with Crippen molar-refractivity contribution < 1.29 is 0 Å². The number of fused-ring (bicyclic) bond motifs is 3. The highest BCUT2D eigenvalue weighted by Crippen LogP contribution is 2.54. The maximum Gasteiger partial charge on any atom is -0.000139 e. The summed E-state index contributed by atoms with van der Waals surface area (Å²) in [5.41, 5.74) is 24.0. The molecule has 0 aromatic heterocycles. The third kappa shape index (κ3) is 8.38. The molecule has 0 saturated carbocycles. The fourth-order valence-electron chi connectivity index (χ4n) is 12.1. The monoisotopic (exact) mass is 988 g/mol. The Balaban J connectivity index is 1.09. The summed E-state index contributed by atoms with van der Waals surface area (Å²) in [5.74, 6) is 0. The number of rotatable bonds is 10. The first-order valence-corrected chi connectivity index (χ1v) is 27.0. The molecule has 78 heavy (non-hydrogen) atoms. The van der Waals surface area contributed by atoms with Crippen LogP contribution in [-0.2, 0) is 0 Å². The summed E-state index contributed by atoms with van der Waals surface area (Å²) in [6, 6.07) is 116. The van der Waals surface area contributed by atoms with Crippen LogP contribution >= 0.6 is 0 Å². The molecule has 0 fully saturated rings. The molecule has 0 unspecified atom stereocenters. The molecule has 0 nitrogen and oxygen atoms in total. The first-order valence-electron chi connectivity index (χ1n) is 27.0. The van der Waals surface area contributed by atoms with E-state index in [1.165, 1.54) is 144 Å². The number of hydrogen-bond donors (Lipinski definition) is 0. The summed E-state index contributed by atoms with van der Waals surface area (Å²) in [4.78, 5) is 0. The summed E-state index contributed by atoms with van der Waals surface area (Å²) in [6.07, 6.45) is 0. The summed E-state index contributed by atoms with van der Waals surface area (Å²) in [5, 5.41) is 7.30. The predicted octanol–water partition coefficient (Wildman–Crippen LogP) is 21.8. The number of hydrogen-bond acceptors (Lipinski definition) is 0. The van der Waals surface area contributed by atoms with Gasteiger partial charge in [0.05, 0.1) is 0 Å². The van der Waals surface area contributed by atoms with E-state index in [1.807, 2.05) is 0 Å². The highest BCUT2D eigenvalue weighted by atomic mass is 14.3. The van der Waals surface area contributed by atoms with Gasteiger partial charge in [-0.2, -0.15) is 0 Å². The SMILES string of the molecule is c1ccc(-c2ccc(-c3c4ccccc4c(-c4ccc(-c5ccccc5)cc4)c4c(-c5ccc(-c6ccccc6-c6ccccc6)cc5)c5ccccc5c(-c5ccc(-c6ccccc6-c6ccccc6)cc5)c34)cc2)cc1. The smallest absolute Gasteiger partial charge is 0.000139 e. The average molecular weight is 989 g/mol. The Morgan fingerprint density at radius 2 is 0.282 bits per heavy atom. The van der Waals surface area contributed by atoms with E-state index in [2.05, 4.69) is 315 Å². The lowest BCUT2D eigenvalue weighted by Gasteiger charge is -2.25. The van der Waals surface area contributed by atoms with Gasteiger partial charge in [-0.15, -0.1) is 0 Å². The molecule has 0 aliphatic rings. The third-order valence-electron chi connectivity index (χ3n) is 15.7. The molecular formula is C78H52. The molecule has 0 spiro atoms. The fraction of sp³-hybridized carbons (Fsp3) is 0. The Bertz CT molecular complexity index is 4150. The zero-order valence-corrected chi connectivity index (χ0v) is 43.0. The van der Waals surface area contributed by atoms with Gasteiger partial charge < -0.3 is 0 Å². The maximum absolute atomic E-state index is 2.36. The molecule has 0 radical (unpaired) electrons. The summed E-state index contributed by atoms with van der Waals surface area (Å²) >= 11 is 0. The van der Waals surface area contributed by atoms with Gasteiger partial charge in [-0.3, -0.25) is 0 Å². The lowest BCUT2D eigenvalue weighted by atomic mass is 9.77. The molecule has 0 aliphatic carbocycles. The summed E-state index contributed by atoms with van der Waals surface area (Å²) in [7, 11) is 0. The zero-order chi connectivity index (χ0) is 51.8. The maximum atomic E-state index is 2.36. The molecule has 14 rings (SSSR count). The molecule has 0 aliphatic heterocycles. The van der Waals surface area contributed by atoms with Gasteiger partial charge in [0.1, 0.15) is 0 Å². The Morgan fingerprint density at radius 3 is 0.538 bits per heavy atom. The average Bonchev–Trinajstić information content (AvgIpc) is 3.67. The molecule has 0 heterocycles. The fourth-order valence-corrected chi connectivity index (χ4v) is 12.1. The molecule has 14 aromatic carbocycles. The Labute approximate surface area is 456 Å². The lowest BCUT2D eigenvalue weighted by molar-refractivity contribution is 1.57. The second-order valence-electron chi connectivity index (χ2n) is 20.2. The van der Waals surface area contributed by atoms with Crippen LogP contribution in [0.15, 0.2) is 315 Å². The molecule has 0 atom stereocenters. The van der Waals surface area contributed by atoms with E-state index in [-0.39, 0.29) is 0 Å². The van der Waals surface area contributed by atoms with Gasteiger partial charge in [-0.05, 0) is 144 Å². The van der Waals surface area contributed by atoms with Crippen molar-refractivity contribution in [3.05, 3.63) is 315 Å². The van der Waals surface area contributed by atoms with Gasteiger partial charge in [0, 0.05) is 0 Å². The van der Waals surface area contributed by atoms with E-state index >= 15 is 0 Å². The quantitative estimate of drug-likeness (QED) is 0.120. The van der Waals surface area contributed by atoms with E-state index in [0.29, 0.717) is 0 Å². The molecule has 364 valence electrons. The Kier molecular flexibility index (Phi) is 12.0. The van der Waals surface area contributed by atoms with Crippen molar-refractivity contribution in [3.63, 3.8) is 0 Å². The lowest BCUT2D eigenvalue weighted by Crippen LogP contribution is -1.98. The van der Waals surface area contributed by atoms with Crippen LogP contribution in [0.1, 0.15) is 0 Å². The van der Waals surface area contributed by atoms with Crippen molar-refractivity contribution >= 4 is 32.3 Å². The normalized spacial score (nSPS) is 11.3. The third-order valence-corrected chi connectivity index (χ3v) is 15.7. The molecule has 0 saturated heterocycles. The van der Waals surface area contributed by atoms with Crippen molar-refractivity contribution in [2.24, 2.45) is 0 Å². The summed E-state index contributed by atoms with van der Waals surface area (Å²) < 4.78 is 0. The van der Waals surface area contributed by atoms with Crippen LogP contribution in [0.4, 0.5) is 0 Å². The van der Waals surface area contributed by atoms with Crippen LogP contribution in [0.2, 0.25) is 0 Å². The van der Waals surface area contributed by atoms with Gasteiger partial charge in [-0.25, -0.2) is 0 Å². The molecule has 0 amide bonds. The van der Waals surface area contributed by atoms with Gasteiger partial charge in [0.2, 0.25) is 0 Å². The summed E-state index contributed by atoms with van der Waals surface area (Å²) in [6.45, 7) is 0. The molecule has 0 heteroatoms. The second-order valence-corrected chi connectivity index (χ2v) is 20.2. The van der Waals surface area contributed by atoms with Crippen molar-refractivity contribution in [1.29, 1.82) is 0 Å². The van der Waals surface area contributed by atoms with E-state index in [9.17, 15) is 0 Å². The van der Waals surface area contributed by atoms with Gasteiger partial charge in [0.15, 0.2) is 0 Å². The van der Waals surface area contributed by atoms with Gasteiger partial charge >= 0.3 is 0 Å². The van der Waals surface area contributed by atoms with Crippen LogP contribution in [0, 0.1) is 0 Å². The predicted molar refractivity (Wildman–Crippen MR) is 333 cm³/mol. The number of benzene rings is 14. The minimum Gasteiger partial charge on any atom is -0.0622 e. The second kappa shape index (κ2) is 20.2. The van der Waals surface area contributed by atoms with Gasteiger partial charge in [-0.1, -0.05) is 315 Å². The standard InChI is InChI=1S/C78H52/c1-5-21-53(22-6-1)55-37-45-61(46-38-55)73-69-33-17-18-34-70(69)74(62-47-39-56(40-48-62)54-23-7-2-8-24-54)78-76(64-51-43-60(44-52-64)68-32-16-14-30-66(68)58-27-11-4-12-28-58)72-36-20-19-35-71(72)75(77(73)78)63-49-41-59(42-50-63)67-31-15-13-29-65(67)57-25-9-3-10-26-57/h1-52H. The van der Waals surface area contributed by atoms with E-state index in [4.69, 9.17) is 0 Å². The zero-order valence-electron chi connectivity index (χ0n) is 43.0. The molecule has 14 aromatic rings. The Morgan fingerprint density at radius 1 is 0.115 bits per heavy atom. The largest absolute Gasteiger partial charge is 0.0622 e. The molecule has 0 bridgehead atoms. The minimum absolute atomic E-state index is 1.17. The first-order chi connectivity index (χ1) is 38.7. The molecular weight excluding hydrogens is 937 g/mol. The van der Waals surface area contributed by atoms with Crippen LogP contribution in [0.3, 0.4) is 0 Å². The van der Waals surface area contributed by atoms with Crippen LogP contribution in [-0.4, -0.2) is 0 Å². The highest BCUT2D eigenvalue weighted by molar-refractivity contribution is 6.34. The Hall–Kier alpha value is -10.1. The minimum atomic E-state index is 1.17. The topological polar surface area (TPSA) is 0 Å². The first kappa shape index (κ1) is 46.4.